The second kappa shape index (κ2) is 4.87. The minimum atomic E-state index is -0.248. The van der Waals surface area contributed by atoms with E-state index in [4.69, 9.17) is 0 Å². The van der Waals surface area contributed by atoms with E-state index in [1.165, 1.54) is 6.07 Å². The average Bonchev–Trinajstić information content (AvgIpc) is 2.79. The summed E-state index contributed by atoms with van der Waals surface area (Å²) in [4.78, 5) is 0. The van der Waals surface area contributed by atoms with Gasteiger partial charge in [-0.2, -0.15) is 5.10 Å². The molecule has 0 bridgehead atoms. The van der Waals surface area contributed by atoms with E-state index in [0.29, 0.717) is 4.47 Å². The summed E-state index contributed by atoms with van der Waals surface area (Å²) in [5.41, 5.74) is 2.77. The molecule has 3 nitrogen and oxygen atoms in total. The molecular formula is C12H13BrFN3. The molecule has 1 unspecified atom stereocenters. The summed E-state index contributed by atoms with van der Waals surface area (Å²) < 4.78 is 13.7. The van der Waals surface area contributed by atoms with E-state index >= 15 is 0 Å². The third-order valence-electron chi connectivity index (χ3n) is 2.63. The Morgan fingerprint density at radius 2 is 2.24 bits per heavy atom. The lowest BCUT2D eigenvalue weighted by atomic mass is 10.1. The maximum atomic E-state index is 13.3. The Morgan fingerprint density at radius 1 is 1.47 bits per heavy atom. The van der Waals surface area contributed by atoms with E-state index in [1.54, 1.807) is 12.3 Å². The molecule has 2 N–H and O–H groups in total. The predicted molar refractivity (Wildman–Crippen MR) is 69.5 cm³/mol. The van der Waals surface area contributed by atoms with Crippen molar-refractivity contribution in [3.05, 3.63) is 45.9 Å². The number of nitrogens with zero attached hydrogens (tertiary/aromatic N) is 1. The zero-order valence-corrected chi connectivity index (χ0v) is 11.2. The van der Waals surface area contributed by atoms with Crippen molar-refractivity contribution in [2.75, 3.05) is 5.32 Å². The largest absolute Gasteiger partial charge is 0.377 e. The number of benzene rings is 1. The summed E-state index contributed by atoms with van der Waals surface area (Å²) in [6, 6.07) is 5.25. The highest BCUT2D eigenvalue weighted by Gasteiger charge is 2.10. The van der Waals surface area contributed by atoms with Gasteiger partial charge in [0.2, 0.25) is 0 Å². The Bertz CT molecular complexity index is 511. The number of nitrogens with one attached hydrogen (secondary N) is 2. The Kier molecular flexibility index (Phi) is 3.47. The number of aromatic amines is 1. The zero-order valence-electron chi connectivity index (χ0n) is 9.59. The fraction of sp³-hybridized carbons (Fsp3) is 0.250. The van der Waals surface area contributed by atoms with Gasteiger partial charge in [-0.25, -0.2) is 4.39 Å². The van der Waals surface area contributed by atoms with Gasteiger partial charge in [0, 0.05) is 11.9 Å². The third kappa shape index (κ3) is 2.66. The Labute approximate surface area is 108 Å². The van der Waals surface area contributed by atoms with Crippen LogP contribution in [0.1, 0.15) is 24.2 Å². The fourth-order valence-electron chi connectivity index (χ4n) is 1.62. The van der Waals surface area contributed by atoms with Crippen LogP contribution in [0, 0.1) is 12.7 Å². The molecule has 0 aliphatic heterocycles. The highest BCUT2D eigenvalue weighted by molar-refractivity contribution is 9.10. The van der Waals surface area contributed by atoms with Crippen LogP contribution in [-0.2, 0) is 0 Å². The molecule has 0 radical (unpaired) electrons. The van der Waals surface area contributed by atoms with Gasteiger partial charge in [-0.05, 0) is 53.5 Å². The van der Waals surface area contributed by atoms with Crippen molar-refractivity contribution < 1.29 is 4.39 Å². The molecule has 1 atom stereocenters. The van der Waals surface area contributed by atoms with Crippen molar-refractivity contribution in [2.45, 2.75) is 19.9 Å². The number of aromatic nitrogens is 2. The molecule has 0 aliphatic carbocycles. The van der Waals surface area contributed by atoms with Gasteiger partial charge in [0.1, 0.15) is 5.82 Å². The topological polar surface area (TPSA) is 40.7 Å². The lowest BCUT2D eigenvalue weighted by Crippen LogP contribution is -2.08. The van der Waals surface area contributed by atoms with Gasteiger partial charge in [-0.15, -0.1) is 0 Å². The maximum Gasteiger partial charge on any atom is 0.137 e. The standard InChI is InChI=1S/C12H13BrFN3/c1-7-5-10(14)9(13)6-12(7)16-8(2)11-3-4-15-17-11/h3-6,8,16H,1-2H3,(H,15,17). The van der Waals surface area contributed by atoms with Crippen molar-refractivity contribution in [3.8, 4) is 0 Å². The molecule has 0 aliphatic rings. The summed E-state index contributed by atoms with van der Waals surface area (Å²) in [6.07, 6.45) is 1.71. The highest BCUT2D eigenvalue weighted by atomic mass is 79.9. The first-order valence-corrected chi connectivity index (χ1v) is 6.08. The Morgan fingerprint density at radius 3 is 2.88 bits per heavy atom. The number of hydrogen-bond acceptors (Lipinski definition) is 2. The van der Waals surface area contributed by atoms with E-state index in [1.807, 2.05) is 19.9 Å². The van der Waals surface area contributed by atoms with Crippen molar-refractivity contribution in [1.82, 2.24) is 10.2 Å². The molecule has 90 valence electrons. The molecule has 0 saturated heterocycles. The zero-order chi connectivity index (χ0) is 12.4. The smallest absolute Gasteiger partial charge is 0.137 e. The van der Waals surface area contributed by atoms with E-state index in [9.17, 15) is 4.39 Å². The Hall–Kier alpha value is -1.36. The van der Waals surface area contributed by atoms with Gasteiger partial charge in [0.25, 0.3) is 0 Å². The normalized spacial score (nSPS) is 12.5. The van der Waals surface area contributed by atoms with Crippen LogP contribution in [0.25, 0.3) is 0 Å². The molecule has 0 amide bonds. The van der Waals surface area contributed by atoms with Crippen molar-refractivity contribution in [1.29, 1.82) is 0 Å². The molecule has 2 aromatic rings. The van der Waals surface area contributed by atoms with Crippen LogP contribution in [0.5, 0.6) is 0 Å². The van der Waals surface area contributed by atoms with Crippen molar-refractivity contribution in [3.63, 3.8) is 0 Å². The predicted octanol–water partition coefficient (Wildman–Crippen LogP) is 3.79. The van der Waals surface area contributed by atoms with E-state index in [0.717, 1.165) is 16.9 Å². The van der Waals surface area contributed by atoms with Crippen molar-refractivity contribution >= 4 is 21.6 Å². The molecule has 0 saturated carbocycles. The number of rotatable bonds is 3. The minimum Gasteiger partial charge on any atom is -0.377 e. The van der Waals surface area contributed by atoms with E-state index < -0.39 is 0 Å². The van der Waals surface area contributed by atoms with Crippen LogP contribution in [0.2, 0.25) is 0 Å². The molecule has 0 fully saturated rings. The van der Waals surface area contributed by atoms with Gasteiger partial charge >= 0.3 is 0 Å². The second-order valence-corrected chi connectivity index (χ2v) is 4.81. The van der Waals surface area contributed by atoms with Crippen LogP contribution in [-0.4, -0.2) is 10.2 Å². The van der Waals surface area contributed by atoms with Crippen LogP contribution >= 0.6 is 15.9 Å². The summed E-state index contributed by atoms with van der Waals surface area (Å²) in [5, 5.41) is 10.1. The molecule has 0 spiro atoms. The first-order valence-electron chi connectivity index (χ1n) is 5.29. The maximum absolute atomic E-state index is 13.3. The van der Waals surface area contributed by atoms with Crippen LogP contribution in [0.4, 0.5) is 10.1 Å². The van der Waals surface area contributed by atoms with Gasteiger partial charge in [0.05, 0.1) is 16.2 Å². The number of H-pyrrole nitrogens is 1. The Balaban J connectivity index is 2.22. The van der Waals surface area contributed by atoms with Crippen molar-refractivity contribution in [2.24, 2.45) is 0 Å². The van der Waals surface area contributed by atoms with Crippen LogP contribution in [0.15, 0.2) is 28.9 Å². The van der Waals surface area contributed by atoms with E-state index in [-0.39, 0.29) is 11.9 Å². The molecule has 1 aromatic carbocycles. The molecule has 17 heavy (non-hydrogen) atoms. The first-order chi connectivity index (χ1) is 8.08. The number of halogens is 2. The molecule has 1 aromatic heterocycles. The molecule has 1 heterocycles. The highest BCUT2D eigenvalue weighted by Crippen LogP contribution is 2.26. The monoisotopic (exact) mass is 297 g/mol. The second-order valence-electron chi connectivity index (χ2n) is 3.96. The molecule has 2 rings (SSSR count). The minimum absolute atomic E-state index is 0.0913. The summed E-state index contributed by atoms with van der Waals surface area (Å²) in [7, 11) is 0. The number of anilines is 1. The van der Waals surface area contributed by atoms with Crippen LogP contribution < -0.4 is 5.32 Å². The summed E-state index contributed by atoms with van der Waals surface area (Å²) in [5.74, 6) is -0.248. The number of hydrogen-bond donors (Lipinski definition) is 2. The number of aryl methyl sites for hydroxylation is 1. The van der Waals surface area contributed by atoms with Gasteiger partial charge in [-0.3, -0.25) is 5.10 Å². The van der Waals surface area contributed by atoms with Gasteiger partial charge in [0.15, 0.2) is 0 Å². The quantitative estimate of drug-likeness (QED) is 0.905. The summed E-state index contributed by atoms with van der Waals surface area (Å²) >= 11 is 3.18. The first kappa shape index (κ1) is 12.1. The van der Waals surface area contributed by atoms with Crippen LogP contribution in [0.3, 0.4) is 0 Å². The average molecular weight is 298 g/mol. The lowest BCUT2D eigenvalue weighted by Gasteiger charge is -2.16. The van der Waals surface area contributed by atoms with E-state index in [2.05, 4.69) is 31.4 Å². The van der Waals surface area contributed by atoms with Gasteiger partial charge in [-0.1, -0.05) is 0 Å². The van der Waals surface area contributed by atoms with Gasteiger partial charge < -0.3 is 5.32 Å². The summed E-state index contributed by atoms with van der Waals surface area (Å²) in [6.45, 7) is 3.89. The third-order valence-corrected chi connectivity index (χ3v) is 3.24. The fourth-order valence-corrected chi connectivity index (χ4v) is 1.96. The SMILES string of the molecule is Cc1cc(F)c(Br)cc1NC(C)c1ccn[nH]1. The lowest BCUT2D eigenvalue weighted by molar-refractivity contribution is 0.620. The molecule has 5 heteroatoms. The molecular weight excluding hydrogens is 285 g/mol.